The summed E-state index contributed by atoms with van der Waals surface area (Å²) in [6.07, 6.45) is 0.845. The van der Waals surface area contributed by atoms with E-state index in [1.165, 1.54) is 5.56 Å². The van der Waals surface area contributed by atoms with Gasteiger partial charge in [-0.25, -0.2) is 0 Å². The van der Waals surface area contributed by atoms with Crippen LogP contribution in [0.25, 0.3) is 10.8 Å². The van der Waals surface area contributed by atoms with Crippen LogP contribution in [0.3, 0.4) is 0 Å². The minimum absolute atomic E-state index is 0.0325. The maximum Gasteiger partial charge on any atom is 0.255 e. The third kappa shape index (κ3) is 4.03. The highest BCUT2D eigenvalue weighted by atomic mass is 16.3. The fourth-order valence-corrected chi connectivity index (χ4v) is 3.07. The van der Waals surface area contributed by atoms with Crippen LogP contribution in [-0.4, -0.2) is 42.6 Å². The molecule has 0 saturated carbocycles. The van der Waals surface area contributed by atoms with E-state index < -0.39 is 0 Å². The molecule has 0 heterocycles. The van der Waals surface area contributed by atoms with Gasteiger partial charge in [0.1, 0.15) is 5.75 Å². The third-order valence-corrected chi connectivity index (χ3v) is 4.69. The van der Waals surface area contributed by atoms with Gasteiger partial charge in [0.05, 0.1) is 5.56 Å². The molecule has 0 saturated heterocycles. The Morgan fingerprint density at radius 3 is 2.42 bits per heavy atom. The second kappa shape index (κ2) is 8.02. The normalized spacial score (nSPS) is 12.3. The van der Waals surface area contributed by atoms with Crippen molar-refractivity contribution in [2.24, 2.45) is 0 Å². The van der Waals surface area contributed by atoms with Gasteiger partial charge in [0, 0.05) is 18.0 Å². The first-order valence-corrected chi connectivity index (χ1v) is 8.75. The second-order valence-electron chi connectivity index (χ2n) is 6.70. The molecule has 3 rings (SSSR count). The van der Waals surface area contributed by atoms with Crippen LogP contribution >= 0.6 is 0 Å². The number of rotatable bonds is 6. The second-order valence-corrected chi connectivity index (χ2v) is 6.70. The number of phenolic OH excluding ortho intramolecular Hbond substituents is 1. The molecule has 2 N–H and O–H groups in total. The van der Waals surface area contributed by atoms with Crippen LogP contribution in [0.5, 0.6) is 5.75 Å². The Labute approximate surface area is 154 Å². The van der Waals surface area contributed by atoms with Crippen molar-refractivity contribution in [3.63, 3.8) is 0 Å². The fourth-order valence-electron chi connectivity index (χ4n) is 3.07. The zero-order chi connectivity index (χ0) is 18.5. The van der Waals surface area contributed by atoms with Crippen molar-refractivity contribution in [3.05, 3.63) is 77.9 Å². The van der Waals surface area contributed by atoms with Crippen molar-refractivity contribution in [2.75, 3.05) is 20.6 Å². The van der Waals surface area contributed by atoms with Crippen LogP contribution in [-0.2, 0) is 6.42 Å². The van der Waals surface area contributed by atoms with Crippen molar-refractivity contribution in [2.45, 2.75) is 12.5 Å². The summed E-state index contributed by atoms with van der Waals surface area (Å²) in [5, 5.41) is 15.0. The van der Waals surface area contributed by atoms with E-state index in [4.69, 9.17) is 0 Å². The summed E-state index contributed by atoms with van der Waals surface area (Å²) in [7, 11) is 4.01. The number of benzene rings is 3. The predicted molar refractivity (Wildman–Crippen MR) is 106 cm³/mol. The van der Waals surface area contributed by atoms with Crippen LogP contribution in [0.2, 0.25) is 0 Å². The number of phenols is 1. The molecule has 0 aliphatic carbocycles. The molecule has 134 valence electrons. The number of nitrogens with zero attached hydrogens (tertiary/aromatic N) is 1. The molecule has 1 amide bonds. The van der Waals surface area contributed by atoms with Crippen molar-refractivity contribution >= 4 is 16.7 Å². The number of aromatic hydroxyl groups is 1. The van der Waals surface area contributed by atoms with E-state index >= 15 is 0 Å². The quantitative estimate of drug-likeness (QED) is 0.717. The first-order chi connectivity index (χ1) is 12.6. The Balaban J connectivity index is 1.71. The van der Waals surface area contributed by atoms with E-state index in [2.05, 4.69) is 22.3 Å². The van der Waals surface area contributed by atoms with Gasteiger partial charge in [0.15, 0.2) is 0 Å². The summed E-state index contributed by atoms with van der Waals surface area (Å²) >= 11 is 0. The Hall–Kier alpha value is -2.85. The number of amides is 1. The van der Waals surface area contributed by atoms with Crippen molar-refractivity contribution in [1.82, 2.24) is 10.2 Å². The van der Waals surface area contributed by atoms with Crippen molar-refractivity contribution in [1.29, 1.82) is 0 Å². The topological polar surface area (TPSA) is 52.6 Å². The van der Waals surface area contributed by atoms with Crippen molar-refractivity contribution < 1.29 is 9.90 Å². The molecular formula is C22H24N2O2. The summed E-state index contributed by atoms with van der Waals surface area (Å²) in [6, 6.07) is 21.4. The molecule has 26 heavy (non-hydrogen) atoms. The number of likely N-dealkylation sites (N-methyl/N-ethyl adjacent to an activating group) is 1. The lowest BCUT2D eigenvalue weighted by atomic mass is 10.0. The largest absolute Gasteiger partial charge is 0.506 e. The zero-order valence-corrected chi connectivity index (χ0v) is 15.1. The molecule has 3 aromatic carbocycles. The van der Waals surface area contributed by atoms with Gasteiger partial charge in [-0.3, -0.25) is 4.79 Å². The number of carbonyl (C=O) groups excluding carboxylic acids is 1. The lowest BCUT2D eigenvalue weighted by molar-refractivity contribution is 0.0939. The van der Waals surface area contributed by atoms with Crippen LogP contribution in [0.1, 0.15) is 15.9 Å². The van der Waals surface area contributed by atoms with Gasteiger partial charge in [-0.15, -0.1) is 0 Å². The molecule has 0 radical (unpaired) electrons. The molecule has 4 heteroatoms. The van der Waals surface area contributed by atoms with E-state index in [0.717, 1.165) is 11.8 Å². The van der Waals surface area contributed by atoms with Gasteiger partial charge >= 0.3 is 0 Å². The smallest absolute Gasteiger partial charge is 0.255 e. The van der Waals surface area contributed by atoms with Crippen LogP contribution < -0.4 is 5.32 Å². The van der Waals surface area contributed by atoms with E-state index in [1.54, 1.807) is 6.07 Å². The lowest BCUT2D eigenvalue weighted by Crippen LogP contribution is -2.41. The summed E-state index contributed by atoms with van der Waals surface area (Å²) in [4.78, 5) is 14.7. The van der Waals surface area contributed by atoms with E-state index in [1.807, 2.05) is 62.6 Å². The Morgan fingerprint density at radius 2 is 1.69 bits per heavy atom. The fraction of sp³-hybridized carbons (Fsp3) is 0.227. The Morgan fingerprint density at radius 1 is 1.00 bits per heavy atom. The monoisotopic (exact) mass is 348 g/mol. The molecule has 0 fully saturated rings. The van der Waals surface area contributed by atoms with Crippen LogP contribution in [0, 0.1) is 0 Å². The molecule has 4 nitrogen and oxygen atoms in total. The standard InChI is InChI=1S/C22H24N2O2/c1-24(2)18(14-16-8-4-3-5-9-16)15-23-22(26)20-13-12-17-10-6-7-11-19(17)21(20)25/h3-13,18,25H,14-15H2,1-2H3,(H,23,26). The Bertz CT molecular complexity index is 891. The summed E-state index contributed by atoms with van der Waals surface area (Å²) < 4.78 is 0. The van der Waals surface area contributed by atoms with Gasteiger partial charge in [-0.05, 0) is 37.5 Å². The highest BCUT2D eigenvalue weighted by Gasteiger charge is 2.17. The molecule has 0 spiro atoms. The molecule has 1 unspecified atom stereocenters. The molecule has 0 aliphatic heterocycles. The molecule has 0 aromatic heterocycles. The Kier molecular flexibility index (Phi) is 5.54. The van der Waals surface area contributed by atoms with Crippen LogP contribution in [0.15, 0.2) is 66.7 Å². The van der Waals surface area contributed by atoms with Gasteiger partial charge < -0.3 is 15.3 Å². The number of hydrogen-bond donors (Lipinski definition) is 2. The van der Waals surface area contributed by atoms with E-state index in [9.17, 15) is 9.90 Å². The first kappa shape index (κ1) is 18.0. The molecular weight excluding hydrogens is 324 g/mol. The predicted octanol–water partition coefficient (Wildman–Crippen LogP) is 3.45. The molecule has 0 bridgehead atoms. The van der Waals surface area contributed by atoms with E-state index in [-0.39, 0.29) is 17.7 Å². The first-order valence-electron chi connectivity index (χ1n) is 8.75. The van der Waals surface area contributed by atoms with Gasteiger partial charge in [-0.2, -0.15) is 0 Å². The van der Waals surface area contributed by atoms with Gasteiger partial charge in [0.2, 0.25) is 0 Å². The average Bonchev–Trinajstić information content (AvgIpc) is 2.66. The number of fused-ring (bicyclic) bond motifs is 1. The van der Waals surface area contributed by atoms with Gasteiger partial charge in [-0.1, -0.05) is 60.7 Å². The van der Waals surface area contributed by atoms with Crippen molar-refractivity contribution in [3.8, 4) is 5.75 Å². The molecule has 1 atom stereocenters. The minimum Gasteiger partial charge on any atom is -0.506 e. The van der Waals surface area contributed by atoms with Crippen LogP contribution in [0.4, 0.5) is 0 Å². The SMILES string of the molecule is CN(C)C(CNC(=O)c1ccc2ccccc2c1O)Cc1ccccc1. The highest BCUT2D eigenvalue weighted by molar-refractivity contribution is 6.03. The summed E-state index contributed by atoms with van der Waals surface area (Å²) in [5.74, 6) is -0.224. The lowest BCUT2D eigenvalue weighted by Gasteiger charge is -2.25. The maximum absolute atomic E-state index is 12.6. The minimum atomic E-state index is -0.256. The summed E-state index contributed by atoms with van der Waals surface area (Å²) in [5.41, 5.74) is 1.54. The number of carbonyl (C=O) groups is 1. The zero-order valence-electron chi connectivity index (χ0n) is 15.1. The van der Waals surface area contributed by atoms with E-state index in [0.29, 0.717) is 17.5 Å². The number of nitrogens with one attached hydrogen (secondary N) is 1. The average molecular weight is 348 g/mol. The molecule has 0 aliphatic rings. The number of hydrogen-bond acceptors (Lipinski definition) is 3. The molecule has 3 aromatic rings. The highest BCUT2D eigenvalue weighted by Crippen LogP contribution is 2.28. The summed E-state index contributed by atoms with van der Waals surface area (Å²) in [6.45, 7) is 0.507. The van der Waals surface area contributed by atoms with Gasteiger partial charge in [0.25, 0.3) is 5.91 Å². The third-order valence-electron chi connectivity index (χ3n) is 4.69. The maximum atomic E-state index is 12.6.